The van der Waals surface area contributed by atoms with Gasteiger partial charge in [-0.15, -0.1) is 0 Å². The normalized spacial score (nSPS) is 18.2. The van der Waals surface area contributed by atoms with Gasteiger partial charge in [-0.1, -0.05) is 19.3 Å². The van der Waals surface area contributed by atoms with Gasteiger partial charge in [0, 0.05) is 6.04 Å². The first-order valence-electron chi connectivity index (χ1n) is 4.49. The smallest absolute Gasteiger partial charge is 0.395 e. The summed E-state index contributed by atoms with van der Waals surface area (Å²) in [6.07, 6.45) is 5.51. The van der Waals surface area contributed by atoms with Crippen molar-refractivity contribution in [1.29, 1.82) is 0 Å². The summed E-state index contributed by atoms with van der Waals surface area (Å²) in [5.74, 6) is -2.45. The summed E-state index contributed by atoms with van der Waals surface area (Å²) < 4.78 is 0. The molecule has 13 heavy (non-hydrogen) atoms. The highest BCUT2D eigenvalue weighted by atomic mass is 16.4. The molecule has 0 aromatic carbocycles. The van der Waals surface area contributed by atoms with Gasteiger partial charge in [-0.25, -0.2) is 10.2 Å². The number of hydrogen-bond donors (Lipinski definition) is 3. The Morgan fingerprint density at radius 3 is 2.31 bits per heavy atom. The fraction of sp³-hybridized carbons (Fsp3) is 0.750. The van der Waals surface area contributed by atoms with E-state index < -0.39 is 11.9 Å². The van der Waals surface area contributed by atoms with Gasteiger partial charge in [0.05, 0.1) is 0 Å². The summed E-state index contributed by atoms with van der Waals surface area (Å²) >= 11 is 0. The minimum atomic E-state index is -1.46. The van der Waals surface area contributed by atoms with Crippen molar-refractivity contribution < 1.29 is 14.7 Å². The van der Waals surface area contributed by atoms with Gasteiger partial charge in [0.2, 0.25) is 0 Å². The maximum Gasteiger partial charge on any atom is 0.395 e. The van der Waals surface area contributed by atoms with Crippen LogP contribution in [0.5, 0.6) is 0 Å². The van der Waals surface area contributed by atoms with Gasteiger partial charge in [0.15, 0.2) is 0 Å². The molecule has 5 nitrogen and oxygen atoms in total. The van der Waals surface area contributed by atoms with Crippen molar-refractivity contribution in [3.05, 3.63) is 0 Å². The van der Waals surface area contributed by atoms with Crippen LogP contribution in [0.15, 0.2) is 0 Å². The molecule has 0 atom stereocenters. The third-order valence-electron chi connectivity index (χ3n) is 2.19. The molecule has 1 fully saturated rings. The molecule has 3 N–H and O–H groups in total. The maximum atomic E-state index is 10.6. The van der Waals surface area contributed by atoms with Crippen molar-refractivity contribution >= 4 is 11.9 Å². The Balaban J connectivity index is 2.17. The SMILES string of the molecule is O=C(O)C(=O)NNC1CCCCC1. The molecule has 0 aromatic rings. The van der Waals surface area contributed by atoms with E-state index in [2.05, 4.69) is 10.9 Å². The number of nitrogens with one attached hydrogen (secondary N) is 2. The van der Waals surface area contributed by atoms with Crippen molar-refractivity contribution in [2.75, 3.05) is 0 Å². The molecule has 0 saturated heterocycles. The molecular formula is C8H14N2O3. The zero-order valence-corrected chi connectivity index (χ0v) is 7.38. The second-order valence-corrected chi connectivity index (χ2v) is 3.24. The number of carboxylic acids is 1. The van der Waals surface area contributed by atoms with Crippen LogP contribution in [-0.4, -0.2) is 23.0 Å². The molecule has 5 heteroatoms. The maximum absolute atomic E-state index is 10.6. The third-order valence-corrected chi connectivity index (χ3v) is 2.19. The van der Waals surface area contributed by atoms with Crippen LogP contribution in [-0.2, 0) is 9.59 Å². The highest BCUT2D eigenvalue weighted by molar-refractivity contribution is 6.31. The summed E-state index contributed by atoms with van der Waals surface area (Å²) in [6, 6.07) is 0.233. The van der Waals surface area contributed by atoms with Crippen molar-refractivity contribution in [3.63, 3.8) is 0 Å². The highest BCUT2D eigenvalue weighted by Crippen LogP contribution is 2.16. The van der Waals surface area contributed by atoms with E-state index in [9.17, 15) is 9.59 Å². The zero-order valence-electron chi connectivity index (χ0n) is 7.38. The lowest BCUT2D eigenvalue weighted by Crippen LogP contribution is -2.47. The van der Waals surface area contributed by atoms with Crippen molar-refractivity contribution in [1.82, 2.24) is 10.9 Å². The lowest BCUT2D eigenvalue weighted by Gasteiger charge is -2.22. The number of amides is 1. The van der Waals surface area contributed by atoms with Gasteiger partial charge >= 0.3 is 11.9 Å². The third kappa shape index (κ3) is 3.42. The van der Waals surface area contributed by atoms with Crippen molar-refractivity contribution in [3.8, 4) is 0 Å². The number of carbonyl (C=O) groups excluding carboxylic acids is 1. The van der Waals surface area contributed by atoms with Crippen LogP contribution < -0.4 is 10.9 Å². The molecule has 74 valence electrons. The molecule has 1 amide bonds. The van der Waals surface area contributed by atoms with Crippen LogP contribution in [0, 0.1) is 0 Å². The Bertz CT molecular complexity index is 200. The van der Waals surface area contributed by atoms with E-state index in [0.29, 0.717) is 0 Å². The molecule has 0 heterocycles. The lowest BCUT2D eigenvalue weighted by molar-refractivity contribution is -0.150. The molecule has 1 aliphatic carbocycles. The monoisotopic (exact) mass is 186 g/mol. The Kier molecular flexibility index (Phi) is 3.70. The summed E-state index contributed by atoms with van der Waals surface area (Å²) in [6.45, 7) is 0. The Hall–Kier alpha value is -1.10. The van der Waals surface area contributed by atoms with Crippen molar-refractivity contribution in [2.45, 2.75) is 38.1 Å². The fourth-order valence-electron chi connectivity index (χ4n) is 1.47. The van der Waals surface area contributed by atoms with Crippen LogP contribution in [0.1, 0.15) is 32.1 Å². The minimum Gasteiger partial charge on any atom is -0.474 e. The van der Waals surface area contributed by atoms with Crippen LogP contribution >= 0.6 is 0 Å². The van der Waals surface area contributed by atoms with Gasteiger partial charge in [-0.05, 0) is 12.8 Å². The fourth-order valence-corrected chi connectivity index (χ4v) is 1.47. The molecule has 1 rings (SSSR count). The van der Waals surface area contributed by atoms with Crippen LogP contribution in [0.2, 0.25) is 0 Å². The number of carboxylic acid groups (broad SMARTS) is 1. The predicted octanol–water partition coefficient (Wildman–Crippen LogP) is 0.0245. The first-order valence-corrected chi connectivity index (χ1v) is 4.49. The molecule has 0 aliphatic heterocycles. The van der Waals surface area contributed by atoms with Gasteiger partial charge in [-0.2, -0.15) is 0 Å². The quantitative estimate of drug-likeness (QED) is 0.420. The molecule has 0 spiro atoms. The summed E-state index contributed by atoms with van der Waals surface area (Å²) in [5.41, 5.74) is 4.89. The van der Waals surface area contributed by atoms with Crippen LogP contribution in [0.25, 0.3) is 0 Å². The summed E-state index contributed by atoms with van der Waals surface area (Å²) in [5, 5.41) is 8.26. The average molecular weight is 186 g/mol. The highest BCUT2D eigenvalue weighted by Gasteiger charge is 2.15. The summed E-state index contributed by atoms with van der Waals surface area (Å²) in [7, 11) is 0. The number of aliphatic carboxylic acids is 1. The number of hydrazine groups is 1. The first-order chi connectivity index (χ1) is 6.20. The number of carbonyl (C=O) groups is 2. The van der Waals surface area contributed by atoms with Gasteiger partial charge < -0.3 is 5.11 Å². The van der Waals surface area contributed by atoms with E-state index in [-0.39, 0.29) is 6.04 Å². The Morgan fingerprint density at radius 1 is 1.15 bits per heavy atom. The molecule has 0 aromatic heterocycles. The number of hydrogen-bond acceptors (Lipinski definition) is 3. The van der Waals surface area contributed by atoms with E-state index in [1.54, 1.807) is 0 Å². The minimum absolute atomic E-state index is 0.233. The van der Waals surface area contributed by atoms with Crippen LogP contribution in [0.4, 0.5) is 0 Å². The molecular weight excluding hydrogens is 172 g/mol. The molecule has 0 radical (unpaired) electrons. The second kappa shape index (κ2) is 4.81. The van der Waals surface area contributed by atoms with E-state index in [1.807, 2.05) is 0 Å². The summed E-state index contributed by atoms with van der Waals surface area (Å²) in [4.78, 5) is 20.7. The van der Waals surface area contributed by atoms with E-state index in [0.717, 1.165) is 25.7 Å². The molecule has 1 saturated carbocycles. The molecule has 0 bridgehead atoms. The van der Waals surface area contributed by atoms with Gasteiger partial charge in [-0.3, -0.25) is 10.2 Å². The Morgan fingerprint density at radius 2 is 1.77 bits per heavy atom. The van der Waals surface area contributed by atoms with E-state index in [4.69, 9.17) is 5.11 Å². The van der Waals surface area contributed by atoms with E-state index in [1.165, 1.54) is 6.42 Å². The van der Waals surface area contributed by atoms with Gasteiger partial charge in [0.1, 0.15) is 0 Å². The van der Waals surface area contributed by atoms with E-state index >= 15 is 0 Å². The van der Waals surface area contributed by atoms with Gasteiger partial charge in [0.25, 0.3) is 0 Å². The molecule has 0 unspecified atom stereocenters. The lowest BCUT2D eigenvalue weighted by atomic mass is 9.96. The first kappa shape index (κ1) is 9.98. The van der Waals surface area contributed by atoms with Crippen molar-refractivity contribution in [2.24, 2.45) is 0 Å². The topological polar surface area (TPSA) is 78.4 Å². The zero-order chi connectivity index (χ0) is 9.68. The average Bonchev–Trinajstić information content (AvgIpc) is 2.15. The Labute approximate surface area is 76.5 Å². The van der Waals surface area contributed by atoms with Crippen LogP contribution in [0.3, 0.4) is 0 Å². The standard InChI is InChI=1S/C8H14N2O3/c11-7(8(12)13)10-9-6-4-2-1-3-5-6/h6,9H,1-5H2,(H,10,11)(H,12,13). The predicted molar refractivity (Wildman–Crippen MR) is 45.8 cm³/mol. The second-order valence-electron chi connectivity index (χ2n) is 3.24. The molecule has 1 aliphatic rings. The number of rotatable bonds is 2. The largest absolute Gasteiger partial charge is 0.474 e.